The zero-order valence-electron chi connectivity index (χ0n) is 15.9. The number of nitriles is 2. The van der Waals surface area contributed by atoms with Crippen molar-refractivity contribution in [2.45, 2.75) is 38.9 Å². The van der Waals surface area contributed by atoms with E-state index in [0.29, 0.717) is 5.75 Å². The Morgan fingerprint density at radius 3 is 2.30 bits per heavy atom. The van der Waals surface area contributed by atoms with Gasteiger partial charge in [0.1, 0.15) is 40.6 Å². The highest BCUT2D eigenvalue weighted by Crippen LogP contribution is 2.39. The monoisotopic (exact) mass is 384 g/mol. The topological polar surface area (TPSA) is 116 Å². The minimum Gasteiger partial charge on any atom is -0.543 e. The second kappa shape index (κ2) is 6.90. The lowest BCUT2D eigenvalue weighted by molar-refractivity contribution is 0.491. The third-order valence-electron chi connectivity index (χ3n) is 4.85. The summed E-state index contributed by atoms with van der Waals surface area (Å²) in [5, 5.41) is 18.7. The number of aromatic nitrogens is 1. The maximum absolute atomic E-state index is 14.6. The molecule has 0 saturated heterocycles. The molecule has 2 aromatic rings. The van der Waals surface area contributed by atoms with Gasteiger partial charge in [-0.2, -0.15) is 10.5 Å². The molecule has 0 aliphatic carbocycles. The summed E-state index contributed by atoms with van der Waals surface area (Å²) in [7, 11) is -2.20. The van der Waals surface area contributed by atoms with Gasteiger partial charge in [0.05, 0.1) is 0 Å². The molecule has 2 rings (SSSR count). The van der Waals surface area contributed by atoms with E-state index in [1.807, 2.05) is 19.2 Å². The molecule has 6 nitrogen and oxygen atoms in total. The van der Waals surface area contributed by atoms with Crippen LogP contribution in [0.3, 0.4) is 0 Å². The van der Waals surface area contributed by atoms with Gasteiger partial charge in [-0.1, -0.05) is 20.8 Å². The first kappa shape index (κ1) is 20.2. The fraction of sp³-hybridized carbons (Fsp3) is 0.316. The number of nitrogens with zero attached hydrogens (tertiary/aromatic N) is 2. The number of halogens is 1. The van der Waals surface area contributed by atoms with Crippen LogP contribution in [0.15, 0.2) is 23.0 Å². The van der Waals surface area contributed by atoms with E-state index in [2.05, 4.69) is 25.8 Å². The Morgan fingerprint density at radius 2 is 1.78 bits per heavy atom. The molecule has 0 radical (unpaired) electrons. The molecule has 0 saturated carbocycles. The Bertz CT molecular complexity index is 1040. The highest BCUT2D eigenvalue weighted by molar-refractivity contribution is 6.74. The molecule has 1 aromatic heterocycles. The van der Waals surface area contributed by atoms with E-state index < -0.39 is 19.7 Å². The van der Waals surface area contributed by atoms with Gasteiger partial charge in [0.2, 0.25) is 8.32 Å². The van der Waals surface area contributed by atoms with Crippen LogP contribution in [-0.4, -0.2) is 13.3 Å². The fourth-order valence-corrected chi connectivity index (χ4v) is 3.34. The molecule has 3 N–H and O–H groups in total. The number of nitrogens with one attached hydrogen (secondary N) is 1. The van der Waals surface area contributed by atoms with Crippen molar-refractivity contribution in [3.63, 3.8) is 0 Å². The van der Waals surface area contributed by atoms with Crippen molar-refractivity contribution in [3.8, 4) is 29.0 Å². The molecule has 8 heteroatoms. The standard InChI is InChI=1S/C19H21FN4O2Si/c1-19(2,3)27(4,5)26-11-6-7-15(20)12(8-11)16-13(9-21)17(23)24-18(25)14(16)10-22/h6-8H,1-5H3,(H3,23,24,25). The molecule has 0 aliphatic heterocycles. The molecule has 140 valence electrons. The van der Waals surface area contributed by atoms with Crippen molar-refractivity contribution in [2.75, 3.05) is 5.73 Å². The van der Waals surface area contributed by atoms with Crippen molar-refractivity contribution in [1.82, 2.24) is 4.98 Å². The van der Waals surface area contributed by atoms with E-state index in [0.717, 1.165) is 0 Å². The number of benzene rings is 1. The van der Waals surface area contributed by atoms with E-state index in [-0.39, 0.29) is 33.1 Å². The maximum Gasteiger partial charge on any atom is 0.268 e. The summed E-state index contributed by atoms with van der Waals surface area (Å²) in [6.07, 6.45) is 0. The van der Waals surface area contributed by atoms with Crippen LogP contribution in [0, 0.1) is 28.5 Å². The zero-order chi connectivity index (χ0) is 20.6. The number of pyridine rings is 1. The lowest BCUT2D eigenvalue weighted by Crippen LogP contribution is -2.43. The minimum absolute atomic E-state index is 0.0721. The third kappa shape index (κ3) is 3.71. The molecule has 1 aromatic carbocycles. The third-order valence-corrected chi connectivity index (χ3v) is 9.21. The van der Waals surface area contributed by atoms with E-state index in [1.165, 1.54) is 18.2 Å². The van der Waals surface area contributed by atoms with Crippen LogP contribution >= 0.6 is 0 Å². The second-order valence-electron chi connectivity index (χ2n) is 7.72. The van der Waals surface area contributed by atoms with Crippen LogP contribution in [0.25, 0.3) is 11.1 Å². The number of rotatable bonds is 3. The summed E-state index contributed by atoms with van der Waals surface area (Å²) in [6, 6.07) is 7.67. The molecule has 0 fully saturated rings. The van der Waals surface area contributed by atoms with Gasteiger partial charge in [-0.15, -0.1) is 0 Å². The molecule has 0 spiro atoms. The lowest BCUT2D eigenvalue weighted by Gasteiger charge is -2.36. The molecule has 1 heterocycles. The number of hydrogen-bond donors (Lipinski definition) is 2. The van der Waals surface area contributed by atoms with Gasteiger partial charge < -0.3 is 15.1 Å². The summed E-state index contributed by atoms with van der Waals surface area (Å²) < 4.78 is 20.8. The summed E-state index contributed by atoms with van der Waals surface area (Å²) in [5.74, 6) is -0.494. The maximum atomic E-state index is 14.6. The van der Waals surface area contributed by atoms with Crippen molar-refractivity contribution < 1.29 is 8.82 Å². The van der Waals surface area contributed by atoms with E-state index >= 15 is 0 Å². The Kier molecular flexibility index (Phi) is 5.16. The highest BCUT2D eigenvalue weighted by Gasteiger charge is 2.39. The van der Waals surface area contributed by atoms with Gasteiger partial charge >= 0.3 is 0 Å². The molecule has 0 atom stereocenters. The van der Waals surface area contributed by atoms with E-state index in [1.54, 1.807) is 6.07 Å². The van der Waals surface area contributed by atoms with Crippen molar-refractivity contribution >= 4 is 14.1 Å². The smallest absolute Gasteiger partial charge is 0.268 e. The van der Waals surface area contributed by atoms with Gasteiger partial charge in [-0.25, -0.2) is 4.39 Å². The van der Waals surface area contributed by atoms with Crippen molar-refractivity contribution in [3.05, 3.63) is 45.5 Å². The average molecular weight is 384 g/mol. The van der Waals surface area contributed by atoms with Crippen LogP contribution in [0.5, 0.6) is 5.75 Å². The Labute approximate surface area is 158 Å². The number of anilines is 1. The zero-order valence-corrected chi connectivity index (χ0v) is 16.9. The fourth-order valence-electron chi connectivity index (χ4n) is 2.32. The number of hydrogen-bond acceptors (Lipinski definition) is 5. The first-order valence-electron chi connectivity index (χ1n) is 8.28. The van der Waals surface area contributed by atoms with Crippen LogP contribution in [0.1, 0.15) is 31.9 Å². The molecule has 0 aliphatic rings. The van der Waals surface area contributed by atoms with Gasteiger partial charge in [-0.3, -0.25) is 4.79 Å². The van der Waals surface area contributed by atoms with Crippen LogP contribution in [-0.2, 0) is 0 Å². The van der Waals surface area contributed by atoms with E-state index in [4.69, 9.17) is 10.2 Å². The largest absolute Gasteiger partial charge is 0.543 e. The average Bonchev–Trinajstić information content (AvgIpc) is 2.55. The Hall–Kier alpha value is -3.10. The molecular weight excluding hydrogens is 363 g/mol. The van der Waals surface area contributed by atoms with Crippen molar-refractivity contribution in [1.29, 1.82) is 10.5 Å². The first-order valence-corrected chi connectivity index (χ1v) is 11.2. The molecule has 0 bridgehead atoms. The van der Waals surface area contributed by atoms with Crippen LogP contribution in [0.4, 0.5) is 10.2 Å². The predicted molar refractivity (Wildman–Crippen MR) is 104 cm³/mol. The SMILES string of the molecule is CC(C)(C)[Si](C)(C)Oc1ccc(F)c(-c2c(C#N)c(N)[nH]c(=O)c2C#N)c1. The Balaban J connectivity index is 2.75. The number of H-pyrrole nitrogens is 1. The number of aromatic amines is 1. The van der Waals surface area contributed by atoms with Gasteiger partial charge in [-0.05, 0) is 36.3 Å². The summed E-state index contributed by atoms with van der Waals surface area (Å²) in [4.78, 5) is 14.3. The number of nitrogens with two attached hydrogens (primary N) is 1. The summed E-state index contributed by atoms with van der Waals surface area (Å²) in [6.45, 7) is 10.3. The second-order valence-corrected chi connectivity index (χ2v) is 12.4. The van der Waals surface area contributed by atoms with Crippen molar-refractivity contribution in [2.24, 2.45) is 0 Å². The number of nitrogen functional groups attached to an aromatic ring is 1. The molecule has 27 heavy (non-hydrogen) atoms. The summed E-state index contributed by atoms with van der Waals surface area (Å²) >= 11 is 0. The highest BCUT2D eigenvalue weighted by atomic mass is 28.4. The van der Waals surface area contributed by atoms with Crippen LogP contribution < -0.4 is 15.7 Å². The van der Waals surface area contributed by atoms with E-state index in [9.17, 15) is 19.7 Å². The Morgan fingerprint density at radius 1 is 1.19 bits per heavy atom. The molecule has 0 unspecified atom stereocenters. The first-order chi connectivity index (χ1) is 12.4. The summed E-state index contributed by atoms with van der Waals surface area (Å²) in [5.41, 5.74) is 4.20. The lowest BCUT2D eigenvalue weighted by atomic mass is 9.96. The minimum atomic E-state index is -2.20. The normalized spacial score (nSPS) is 11.6. The predicted octanol–water partition coefficient (Wildman–Crippen LogP) is 3.89. The molecular formula is C19H21FN4O2Si. The molecule has 0 amide bonds. The van der Waals surface area contributed by atoms with Gasteiger partial charge in [0, 0.05) is 11.1 Å². The van der Waals surface area contributed by atoms with Crippen LogP contribution in [0.2, 0.25) is 18.1 Å². The quantitative estimate of drug-likeness (QED) is 0.779. The van der Waals surface area contributed by atoms with Gasteiger partial charge in [0.25, 0.3) is 5.56 Å². The van der Waals surface area contributed by atoms with Gasteiger partial charge in [0.15, 0.2) is 0 Å².